The first-order valence-corrected chi connectivity index (χ1v) is 8.04. The van der Waals surface area contributed by atoms with Crippen LogP contribution in [0.3, 0.4) is 0 Å². The molecule has 1 fully saturated rings. The molecule has 0 unspecified atom stereocenters. The van der Waals surface area contributed by atoms with Crippen LogP contribution in [0.1, 0.15) is 19.8 Å². The molecular weight excluding hydrogens is 292 g/mol. The molecule has 0 bridgehead atoms. The van der Waals surface area contributed by atoms with Crippen molar-refractivity contribution in [2.75, 3.05) is 18.5 Å². The highest BCUT2D eigenvalue weighted by Gasteiger charge is 2.17. The second-order valence-corrected chi connectivity index (χ2v) is 5.73. The van der Waals surface area contributed by atoms with Gasteiger partial charge in [0.2, 0.25) is 0 Å². The van der Waals surface area contributed by atoms with Gasteiger partial charge in [0.15, 0.2) is 11.5 Å². The number of aromatic nitrogens is 5. The number of aryl methyl sites for hydroxylation is 1. The minimum Gasteiger partial charge on any atom is -0.381 e. The molecule has 3 aromatic heterocycles. The largest absolute Gasteiger partial charge is 0.381 e. The second-order valence-electron chi connectivity index (χ2n) is 5.73. The number of ether oxygens (including phenoxy) is 1. The molecule has 0 radical (unpaired) electrons. The van der Waals surface area contributed by atoms with Gasteiger partial charge >= 0.3 is 0 Å². The second kappa shape index (κ2) is 6.00. The Balaban J connectivity index is 1.68. The van der Waals surface area contributed by atoms with E-state index in [9.17, 15) is 0 Å². The Hall–Kier alpha value is -2.41. The number of rotatable bonds is 4. The third kappa shape index (κ3) is 2.68. The van der Waals surface area contributed by atoms with Crippen molar-refractivity contribution in [1.29, 1.82) is 0 Å². The summed E-state index contributed by atoms with van der Waals surface area (Å²) in [5.74, 6) is 0.827. The van der Waals surface area contributed by atoms with Crippen LogP contribution in [0.25, 0.3) is 16.9 Å². The monoisotopic (exact) mass is 312 g/mol. The zero-order valence-corrected chi connectivity index (χ0v) is 13.1. The molecule has 4 heterocycles. The van der Waals surface area contributed by atoms with Crippen molar-refractivity contribution in [2.45, 2.75) is 32.4 Å². The predicted octanol–water partition coefficient (Wildman–Crippen LogP) is 2.20. The molecular formula is C16H20N6O. The number of imidazole rings is 1. The molecule has 0 aromatic carbocycles. The van der Waals surface area contributed by atoms with Crippen LogP contribution in [-0.2, 0) is 11.3 Å². The van der Waals surface area contributed by atoms with Crippen LogP contribution < -0.4 is 5.32 Å². The van der Waals surface area contributed by atoms with Crippen molar-refractivity contribution in [3.8, 4) is 11.3 Å². The van der Waals surface area contributed by atoms with E-state index >= 15 is 0 Å². The van der Waals surface area contributed by atoms with Gasteiger partial charge < -0.3 is 10.1 Å². The van der Waals surface area contributed by atoms with E-state index in [4.69, 9.17) is 4.74 Å². The first kappa shape index (κ1) is 14.2. The third-order valence-corrected chi connectivity index (χ3v) is 4.24. The van der Waals surface area contributed by atoms with Gasteiger partial charge in [-0.2, -0.15) is 5.10 Å². The van der Waals surface area contributed by atoms with Crippen LogP contribution in [0.4, 0.5) is 5.82 Å². The fourth-order valence-corrected chi connectivity index (χ4v) is 2.94. The van der Waals surface area contributed by atoms with Crippen LogP contribution in [0.5, 0.6) is 0 Å². The van der Waals surface area contributed by atoms with E-state index in [1.807, 2.05) is 35.7 Å². The fraction of sp³-hybridized carbons (Fsp3) is 0.438. The molecule has 0 saturated carbocycles. The minimum absolute atomic E-state index is 0.394. The molecule has 1 N–H and O–H groups in total. The van der Waals surface area contributed by atoms with E-state index in [1.165, 1.54) is 0 Å². The summed E-state index contributed by atoms with van der Waals surface area (Å²) >= 11 is 0. The van der Waals surface area contributed by atoms with Crippen molar-refractivity contribution in [3.05, 3.63) is 31.0 Å². The van der Waals surface area contributed by atoms with Crippen molar-refractivity contribution >= 4 is 11.5 Å². The molecule has 3 aromatic rings. The summed E-state index contributed by atoms with van der Waals surface area (Å²) in [4.78, 5) is 9.04. The molecule has 7 heteroatoms. The first-order chi connectivity index (χ1) is 11.3. The molecule has 1 aliphatic heterocycles. The smallest absolute Gasteiger partial charge is 0.180 e. The molecule has 4 rings (SSSR count). The van der Waals surface area contributed by atoms with Crippen molar-refractivity contribution in [2.24, 2.45) is 0 Å². The SMILES string of the molecule is CCn1cc(-c2cnc3c(NC4CCOCC4)nccn23)cn1. The van der Waals surface area contributed by atoms with Gasteiger partial charge in [0.25, 0.3) is 0 Å². The van der Waals surface area contributed by atoms with Crippen LogP contribution in [0.2, 0.25) is 0 Å². The summed E-state index contributed by atoms with van der Waals surface area (Å²) in [6.07, 6.45) is 11.5. The number of anilines is 1. The van der Waals surface area contributed by atoms with Gasteiger partial charge in [-0.25, -0.2) is 9.97 Å². The summed E-state index contributed by atoms with van der Waals surface area (Å²) < 4.78 is 9.38. The summed E-state index contributed by atoms with van der Waals surface area (Å²) in [6, 6.07) is 0.394. The van der Waals surface area contributed by atoms with Gasteiger partial charge in [-0.1, -0.05) is 0 Å². The Morgan fingerprint density at radius 2 is 2.13 bits per heavy atom. The Labute approximate surface area is 134 Å². The number of hydrogen-bond donors (Lipinski definition) is 1. The van der Waals surface area contributed by atoms with Gasteiger partial charge in [-0.15, -0.1) is 0 Å². The molecule has 120 valence electrons. The molecule has 1 saturated heterocycles. The lowest BCUT2D eigenvalue weighted by atomic mass is 10.1. The van der Waals surface area contributed by atoms with E-state index in [2.05, 4.69) is 31.7 Å². The Morgan fingerprint density at radius 1 is 1.26 bits per heavy atom. The number of fused-ring (bicyclic) bond motifs is 1. The van der Waals surface area contributed by atoms with Gasteiger partial charge in [0.05, 0.1) is 18.1 Å². The maximum Gasteiger partial charge on any atom is 0.180 e. The molecule has 0 atom stereocenters. The van der Waals surface area contributed by atoms with E-state index < -0.39 is 0 Å². The summed E-state index contributed by atoms with van der Waals surface area (Å²) in [6.45, 7) is 4.54. The van der Waals surface area contributed by atoms with E-state index in [-0.39, 0.29) is 0 Å². The Kier molecular flexibility index (Phi) is 3.70. The lowest BCUT2D eigenvalue weighted by Crippen LogP contribution is -2.28. The molecule has 0 spiro atoms. The molecule has 0 amide bonds. The van der Waals surface area contributed by atoms with E-state index in [0.717, 1.165) is 55.3 Å². The average Bonchev–Trinajstić information content (AvgIpc) is 3.22. The maximum atomic E-state index is 5.41. The maximum absolute atomic E-state index is 5.41. The van der Waals surface area contributed by atoms with Crippen molar-refractivity contribution < 1.29 is 4.74 Å². The molecule has 0 aliphatic carbocycles. The highest BCUT2D eigenvalue weighted by atomic mass is 16.5. The van der Waals surface area contributed by atoms with Crippen molar-refractivity contribution in [3.63, 3.8) is 0 Å². The van der Waals surface area contributed by atoms with Crippen molar-refractivity contribution in [1.82, 2.24) is 24.1 Å². The lowest BCUT2D eigenvalue weighted by Gasteiger charge is -2.23. The lowest BCUT2D eigenvalue weighted by molar-refractivity contribution is 0.0904. The molecule has 1 aliphatic rings. The van der Waals surface area contributed by atoms with E-state index in [0.29, 0.717) is 6.04 Å². The van der Waals surface area contributed by atoms with Gasteiger partial charge in [-0.05, 0) is 19.8 Å². The predicted molar refractivity (Wildman–Crippen MR) is 87.3 cm³/mol. The van der Waals surface area contributed by atoms with Crippen LogP contribution in [0, 0.1) is 0 Å². The van der Waals surface area contributed by atoms with Crippen LogP contribution in [0.15, 0.2) is 31.0 Å². The molecule has 7 nitrogen and oxygen atoms in total. The highest BCUT2D eigenvalue weighted by Crippen LogP contribution is 2.24. The normalized spacial score (nSPS) is 16.0. The Morgan fingerprint density at radius 3 is 2.91 bits per heavy atom. The van der Waals surface area contributed by atoms with Gasteiger partial charge in [0, 0.05) is 50.0 Å². The zero-order chi connectivity index (χ0) is 15.6. The van der Waals surface area contributed by atoms with Gasteiger partial charge in [-0.3, -0.25) is 9.08 Å². The van der Waals surface area contributed by atoms with Gasteiger partial charge in [0.1, 0.15) is 0 Å². The van der Waals surface area contributed by atoms with Crippen LogP contribution in [-0.4, -0.2) is 43.4 Å². The summed E-state index contributed by atoms with van der Waals surface area (Å²) in [7, 11) is 0. The van der Waals surface area contributed by atoms with Crippen LogP contribution >= 0.6 is 0 Å². The Bertz CT molecular complexity index is 802. The standard InChI is InChI=1S/C16H20N6O/c1-2-21-11-12(9-19-21)14-10-18-16-15(17-5-6-22(14)16)20-13-3-7-23-8-4-13/h5-6,9-11,13H,2-4,7-8H2,1H3,(H,17,20). The summed E-state index contributed by atoms with van der Waals surface area (Å²) in [5.41, 5.74) is 2.93. The first-order valence-electron chi connectivity index (χ1n) is 8.04. The number of nitrogens with one attached hydrogen (secondary N) is 1. The average molecular weight is 312 g/mol. The number of hydrogen-bond acceptors (Lipinski definition) is 5. The third-order valence-electron chi connectivity index (χ3n) is 4.24. The fourth-order valence-electron chi connectivity index (χ4n) is 2.94. The van der Waals surface area contributed by atoms with E-state index in [1.54, 1.807) is 0 Å². The number of nitrogens with zero attached hydrogens (tertiary/aromatic N) is 5. The zero-order valence-electron chi connectivity index (χ0n) is 13.1. The topological polar surface area (TPSA) is 69.3 Å². The quantitative estimate of drug-likeness (QED) is 0.800. The molecule has 23 heavy (non-hydrogen) atoms. The minimum atomic E-state index is 0.394. The highest BCUT2D eigenvalue weighted by molar-refractivity contribution is 5.70. The summed E-state index contributed by atoms with van der Waals surface area (Å²) in [5, 5.41) is 7.85.